The van der Waals surface area contributed by atoms with Gasteiger partial charge in [0.05, 0.1) is 6.61 Å². The van der Waals surface area contributed by atoms with Crippen molar-refractivity contribution in [1.82, 2.24) is 0 Å². The van der Waals surface area contributed by atoms with Crippen molar-refractivity contribution in [3.05, 3.63) is 0 Å². The first kappa shape index (κ1) is 12.2. The number of hydrogen-bond acceptors (Lipinski definition) is 3. The Morgan fingerprint density at radius 1 is 1.31 bits per heavy atom. The normalized spacial score (nSPS) is 11.8. The fraction of sp³-hybridized carbons (Fsp3) is 0.833. The van der Waals surface area contributed by atoms with Crippen LogP contribution in [0.2, 0.25) is 0 Å². The highest BCUT2D eigenvalue weighted by Crippen LogP contribution is 2.22. The molecule has 78 valence electrons. The van der Waals surface area contributed by atoms with Gasteiger partial charge in [-0.25, -0.2) is 8.78 Å². The number of halogens is 4. The highest BCUT2D eigenvalue weighted by atomic mass is 19.3. The quantitative estimate of drug-likeness (QED) is 0.353. The first-order valence-electron chi connectivity index (χ1n) is 3.29. The van der Waals surface area contributed by atoms with Crippen molar-refractivity contribution in [2.75, 3.05) is 19.8 Å². The van der Waals surface area contributed by atoms with Crippen molar-refractivity contribution in [3.8, 4) is 0 Å². The maximum Gasteiger partial charge on any atom is 0.330 e. The minimum Gasteiger partial charge on any atom is -0.465 e. The number of carbonyl (C=O) groups is 1. The van der Waals surface area contributed by atoms with Crippen molar-refractivity contribution in [3.63, 3.8) is 0 Å². The molecule has 13 heavy (non-hydrogen) atoms. The van der Waals surface area contributed by atoms with Gasteiger partial charge in [-0.15, -0.1) is 0 Å². The number of hydrogen-bond donors (Lipinski definition) is 0. The summed E-state index contributed by atoms with van der Waals surface area (Å²) in [5, 5.41) is 0. The molecule has 0 aromatic rings. The van der Waals surface area contributed by atoms with Crippen LogP contribution in [0.5, 0.6) is 0 Å². The average molecular weight is 204 g/mol. The minimum atomic E-state index is -4.15. The highest BCUT2D eigenvalue weighted by molar-refractivity contribution is 5.36. The Morgan fingerprint density at radius 3 is 2.38 bits per heavy atom. The molecule has 0 aromatic carbocycles. The molecule has 0 saturated heterocycles. The van der Waals surface area contributed by atoms with Gasteiger partial charge in [0, 0.05) is 0 Å². The molecular formula is C6H8F4O3. The second-order valence-electron chi connectivity index (χ2n) is 2.08. The van der Waals surface area contributed by atoms with E-state index in [-0.39, 0.29) is 19.7 Å². The van der Waals surface area contributed by atoms with Gasteiger partial charge in [0.2, 0.25) is 0 Å². The van der Waals surface area contributed by atoms with E-state index in [0.717, 1.165) is 0 Å². The molecule has 0 aromatic heterocycles. The lowest BCUT2D eigenvalue weighted by molar-refractivity contribution is -0.168. The van der Waals surface area contributed by atoms with Crippen molar-refractivity contribution >= 4 is 6.47 Å². The van der Waals surface area contributed by atoms with Crippen LogP contribution < -0.4 is 0 Å². The van der Waals surface area contributed by atoms with Gasteiger partial charge in [0.15, 0.2) is 0 Å². The number of rotatable bonds is 7. The van der Waals surface area contributed by atoms with Crippen LogP contribution in [0.25, 0.3) is 0 Å². The van der Waals surface area contributed by atoms with Gasteiger partial charge in [0.1, 0.15) is 13.2 Å². The lowest BCUT2D eigenvalue weighted by Gasteiger charge is -2.14. The zero-order valence-electron chi connectivity index (χ0n) is 6.51. The summed E-state index contributed by atoms with van der Waals surface area (Å²) in [5.41, 5.74) is 0. The van der Waals surface area contributed by atoms with Gasteiger partial charge < -0.3 is 9.47 Å². The Morgan fingerprint density at radius 2 is 1.92 bits per heavy atom. The molecule has 0 unspecified atom stereocenters. The summed E-state index contributed by atoms with van der Waals surface area (Å²) in [6, 6.07) is 0. The number of ether oxygens (including phenoxy) is 2. The molecule has 0 amide bonds. The van der Waals surface area contributed by atoms with Gasteiger partial charge in [-0.2, -0.15) is 8.78 Å². The molecule has 0 heterocycles. The molecule has 0 aliphatic heterocycles. The zero-order chi connectivity index (χ0) is 10.3. The standard InChI is InChI=1S/C6H8F4O3/c7-5(8)6(9,10)3-12-1-2-13-4-11/h4-5H,1-3H2. The highest BCUT2D eigenvalue weighted by Gasteiger charge is 2.40. The Hall–Kier alpha value is -0.850. The summed E-state index contributed by atoms with van der Waals surface area (Å²) < 4.78 is 55.3. The van der Waals surface area contributed by atoms with E-state index in [9.17, 15) is 22.4 Å². The van der Waals surface area contributed by atoms with Crippen LogP contribution >= 0.6 is 0 Å². The molecule has 0 radical (unpaired) electrons. The van der Waals surface area contributed by atoms with Crippen molar-refractivity contribution < 1.29 is 31.8 Å². The third-order valence-electron chi connectivity index (χ3n) is 1.03. The molecule has 0 aliphatic carbocycles. The Bertz CT molecular complexity index is 151. The first-order valence-corrected chi connectivity index (χ1v) is 3.29. The number of carbonyl (C=O) groups excluding carboxylic acids is 1. The van der Waals surface area contributed by atoms with Gasteiger partial charge in [-0.1, -0.05) is 0 Å². The van der Waals surface area contributed by atoms with Crippen LogP contribution in [0.4, 0.5) is 17.6 Å². The fourth-order valence-electron chi connectivity index (χ4n) is 0.426. The minimum absolute atomic E-state index is 0.106. The van der Waals surface area contributed by atoms with Crippen LogP contribution in [0.1, 0.15) is 0 Å². The summed E-state index contributed by atoms with van der Waals surface area (Å²) >= 11 is 0. The molecule has 7 heteroatoms. The lowest BCUT2D eigenvalue weighted by Crippen LogP contribution is -2.32. The van der Waals surface area contributed by atoms with Crippen molar-refractivity contribution in [2.24, 2.45) is 0 Å². The maximum atomic E-state index is 12.1. The Balaban J connectivity index is 3.46. The zero-order valence-corrected chi connectivity index (χ0v) is 6.51. The largest absolute Gasteiger partial charge is 0.465 e. The lowest BCUT2D eigenvalue weighted by atomic mass is 10.4. The molecule has 0 fully saturated rings. The SMILES string of the molecule is O=COCCOCC(F)(F)C(F)F. The van der Waals surface area contributed by atoms with Gasteiger partial charge in [-0.05, 0) is 0 Å². The molecule has 0 rings (SSSR count). The maximum absolute atomic E-state index is 12.1. The van der Waals surface area contributed by atoms with Crippen LogP contribution in [-0.2, 0) is 14.3 Å². The van der Waals surface area contributed by atoms with Crippen LogP contribution in [-0.4, -0.2) is 38.6 Å². The third kappa shape index (κ3) is 5.40. The summed E-state index contributed by atoms with van der Waals surface area (Å²) in [5.74, 6) is -4.15. The second-order valence-corrected chi connectivity index (χ2v) is 2.08. The molecule has 0 spiro atoms. The smallest absolute Gasteiger partial charge is 0.330 e. The molecule has 0 aliphatic rings. The van der Waals surface area contributed by atoms with E-state index in [1.54, 1.807) is 0 Å². The van der Waals surface area contributed by atoms with Crippen LogP contribution in [0.3, 0.4) is 0 Å². The van der Waals surface area contributed by atoms with Crippen molar-refractivity contribution in [2.45, 2.75) is 12.3 Å². The van der Waals surface area contributed by atoms with Crippen LogP contribution in [0, 0.1) is 0 Å². The predicted octanol–water partition coefficient (Wildman–Crippen LogP) is 1.08. The summed E-state index contributed by atoms with van der Waals surface area (Å²) in [6.07, 6.45) is -3.75. The van der Waals surface area contributed by atoms with E-state index in [1.165, 1.54) is 0 Å². The van der Waals surface area contributed by atoms with Crippen molar-refractivity contribution in [1.29, 1.82) is 0 Å². The van der Waals surface area contributed by atoms with Gasteiger partial charge in [0.25, 0.3) is 6.47 Å². The molecule has 0 bridgehead atoms. The van der Waals surface area contributed by atoms with Gasteiger partial charge in [-0.3, -0.25) is 4.79 Å². The molecule has 0 saturated carbocycles. The Labute approximate surface area is 71.6 Å². The first-order chi connectivity index (χ1) is 6.00. The molecule has 0 atom stereocenters. The fourth-order valence-corrected chi connectivity index (χ4v) is 0.426. The molecule has 0 N–H and O–H groups in total. The van der Waals surface area contributed by atoms with Gasteiger partial charge >= 0.3 is 12.3 Å². The third-order valence-corrected chi connectivity index (χ3v) is 1.03. The van der Waals surface area contributed by atoms with E-state index in [2.05, 4.69) is 9.47 Å². The summed E-state index contributed by atoms with van der Waals surface area (Å²) in [7, 11) is 0. The average Bonchev–Trinajstić information content (AvgIpc) is 2.03. The van der Waals surface area contributed by atoms with E-state index >= 15 is 0 Å². The topological polar surface area (TPSA) is 35.5 Å². The summed E-state index contributed by atoms with van der Waals surface area (Å²) in [6.45, 7) is -1.84. The second kappa shape index (κ2) is 5.74. The Kier molecular flexibility index (Phi) is 5.36. The van der Waals surface area contributed by atoms with Crippen LogP contribution in [0.15, 0.2) is 0 Å². The number of alkyl halides is 4. The summed E-state index contributed by atoms with van der Waals surface area (Å²) in [4.78, 5) is 9.53. The predicted molar refractivity (Wildman–Crippen MR) is 33.8 cm³/mol. The van der Waals surface area contributed by atoms with E-state index in [4.69, 9.17) is 0 Å². The van der Waals surface area contributed by atoms with E-state index in [0.29, 0.717) is 0 Å². The van der Waals surface area contributed by atoms with E-state index in [1.807, 2.05) is 0 Å². The molecule has 3 nitrogen and oxygen atoms in total. The molecular weight excluding hydrogens is 196 g/mol. The monoisotopic (exact) mass is 204 g/mol. The van der Waals surface area contributed by atoms with E-state index < -0.39 is 19.0 Å².